The van der Waals surface area contributed by atoms with E-state index in [1.165, 1.54) is 0 Å². The number of amides is 1. The van der Waals surface area contributed by atoms with E-state index in [9.17, 15) is 4.79 Å². The van der Waals surface area contributed by atoms with Crippen LogP contribution in [0.2, 0.25) is 0 Å². The molecule has 0 bridgehead atoms. The average Bonchev–Trinajstić information content (AvgIpc) is 2.94. The van der Waals surface area contributed by atoms with Gasteiger partial charge in [-0.1, -0.05) is 48.6 Å². The van der Waals surface area contributed by atoms with E-state index in [0.717, 1.165) is 55.0 Å². The number of piperidine rings is 1. The molecule has 5 rings (SSSR count). The Balaban J connectivity index is 1.32. The zero-order valence-electron chi connectivity index (χ0n) is 22.1. The smallest absolute Gasteiger partial charge is 0.251 e. The minimum absolute atomic E-state index is 0.0538. The molecular weight excluding hydrogens is 488 g/mol. The third kappa shape index (κ3) is 5.95. The first-order valence-electron chi connectivity index (χ1n) is 13.2. The first-order valence-corrected chi connectivity index (χ1v) is 13.2. The molecule has 8 nitrogen and oxygen atoms in total. The monoisotopic (exact) mass is 522 g/mol. The second-order valence-corrected chi connectivity index (χ2v) is 10.2. The Bertz CT molecular complexity index is 1410. The fraction of sp³-hybridized carbons (Fsp3) is 0.258. The van der Waals surface area contributed by atoms with Gasteiger partial charge in [-0.15, -0.1) is 0 Å². The van der Waals surface area contributed by atoms with Crippen LogP contribution in [-0.2, 0) is 0 Å². The van der Waals surface area contributed by atoms with Crippen molar-refractivity contribution in [1.29, 1.82) is 5.41 Å². The van der Waals surface area contributed by atoms with Crippen molar-refractivity contribution in [3.8, 4) is 16.9 Å². The number of allylic oxidation sites excluding steroid dienone is 2. The van der Waals surface area contributed by atoms with Crippen molar-refractivity contribution < 1.29 is 9.53 Å². The summed E-state index contributed by atoms with van der Waals surface area (Å²) in [6, 6.07) is 19.1. The Labute approximate surface area is 228 Å². The molecule has 6 N–H and O–H groups in total. The molecule has 1 unspecified atom stereocenters. The van der Waals surface area contributed by atoms with Gasteiger partial charge in [0.15, 0.2) is 0 Å². The number of amidine groups is 1. The largest absolute Gasteiger partial charge is 0.483 e. The molecule has 1 aromatic heterocycles. The van der Waals surface area contributed by atoms with E-state index in [-0.39, 0.29) is 29.2 Å². The standard InChI is InChI=1S/C31H34N6O2/c1-31(16-6-3-7-17-31)39-24-12-10-21(11-13-24)25-20-26(36-29(34)27(25)28(32)33)37-18-14-23(15-19-37)35-30(38)22-8-4-2-5-9-22/h2-13,16,20,23H,14-15,17-19H2,1H3,(H3,32,33)(H2,34,36)(H,35,38). The molecule has 0 saturated carbocycles. The van der Waals surface area contributed by atoms with Crippen molar-refractivity contribution >= 4 is 23.4 Å². The molecule has 1 aliphatic heterocycles. The Morgan fingerprint density at radius 2 is 1.82 bits per heavy atom. The normalized spacial score (nSPS) is 19.1. The predicted molar refractivity (Wildman–Crippen MR) is 156 cm³/mol. The highest BCUT2D eigenvalue weighted by atomic mass is 16.5. The van der Waals surface area contributed by atoms with Crippen molar-refractivity contribution in [2.45, 2.75) is 37.8 Å². The summed E-state index contributed by atoms with van der Waals surface area (Å²) in [4.78, 5) is 19.3. The average molecular weight is 523 g/mol. The van der Waals surface area contributed by atoms with Crippen molar-refractivity contribution in [3.05, 3.63) is 96.1 Å². The molecule has 8 heteroatoms. The van der Waals surface area contributed by atoms with Crippen LogP contribution in [0.1, 0.15) is 42.1 Å². The van der Waals surface area contributed by atoms with Crippen LogP contribution in [0, 0.1) is 5.41 Å². The molecule has 1 aliphatic carbocycles. The number of anilines is 2. The second-order valence-electron chi connectivity index (χ2n) is 10.2. The second kappa shape index (κ2) is 11.0. The number of hydrogen-bond acceptors (Lipinski definition) is 6. The summed E-state index contributed by atoms with van der Waals surface area (Å²) < 4.78 is 6.24. The summed E-state index contributed by atoms with van der Waals surface area (Å²) in [7, 11) is 0. The van der Waals surface area contributed by atoms with Gasteiger partial charge in [-0.3, -0.25) is 10.2 Å². The number of nitrogen functional groups attached to an aromatic ring is 2. The molecule has 1 amide bonds. The predicted octanol–water partition coefficient (Wildman–Crippen LogP) is 4.67. The first-order chi connectivity index (χ1) is 18.8. The lowest BCUT2D eigenvalue weighted by molar-refractivity contribution is 0.0931. The van der Waals surface area contributed by atoms with Crippen LogP contribution in [-0.4, -0.2) is 41.5 Å². The Kier molecular flexibility index (Phi) is 7.36. The van der Waals surface area contributed by atoms with Crippen LogP contribution in [0.4, 0.5) is 11.6 Å². The summed E-state index contributed by atoms with van der Waals surface area (Å²) in [5.41, 5.74) is 14.6. The van der Waals surface area contributed by atoms with Gasteiger partial charge in [0.2, 0.25) is 0 Å². The van der Waals surface area contributed by atoms with Crippen LogP contribution in [0.3, 0.4) is 0 Å². The Hall–Kier alpha value is -4.59. The molecule has 39 heavy (non-hydrogen) atoms. The van der Waals surface area contributed by atoms with Gasteiger partial charge in [-0.05, 0) is 67.3 Å². The molecule has 0 radical (unpaired) electrons. The highest BCUT2D eigenvalue weighted by Gasteiger charge is 2.25. The number of aromatic nitrogens is 1. The number of nitrogens with one attached hydrogen (secondary N) is 2. The van der Waals surface area contributed by atoms with Crippen molar-refractivity contribution in [1.82, 2.24) is 10.3 Å². The van der Waals surface area contributed by atoms with Crippen molar-refractivity contribution in [2.75, 3.05) is 23.7 Å². The van der Waals surface area contributed by atoms with Crippen LogP contribution in [0.15, 0.2) is 85.0 Å². The number of benzene rings is 2. The Morgan fingerprint density at radius 3 is 2.46 bits per heavy atom. The number of pyridine rings is 1. The molecule has 1 saturated heterocycles. The minimum atomic E-state index is -0.387. The third-order valence-corrected chi connectivity index (χ3v) is 7.23. The number of rotatable bonds is 7. The summed E-state index contributed by atoms with van der Waals surface area (Å²) in [5, 5.41) is 11.3. The number of carbonyl (C=O) groups excluding carboxylic acids is 1. The lowest BCUT2D eigenvalue weighted by Crippen LogP contribution is -2.45. The lowest BCUT2D eigenvalue weighted by Gasteiger charge is -2.33. The maximum atomic E-state index is 12.6. The molecule has 2 heterocycles. The van der Waals surface area contributed by atoms with E-state index in [1.54, 1.807) is 0 Å². The van der Waals surface area contributed by atoms with Crippen LogP contribution < -0.4 is 26.4 Å². The zero-order chi connectivity index (χ0) is 27.4. The maximum absolute atomic E-state index is 12.6. The zero-order valence-corrected chi connectivity index (χ0v) is 22.1. The topological polar surface area (TPSA) is 130 Å². The fourth-order valence-electron chi connectivity index (χ4n) is 5.09. The minimum Gasteiger partial charge on any atom is -0.483 e. The van der Waals surface area contributed by atoms with E-state index in [2.05, 4.69) is 34.3 Å². The van der Waals surface area contributed by atoms with Gasteiger partial charge >= 0.3 is 0 Å². The number of nitrogens with zero attached hydrogens (tertiary/aromatic N) is 2. The third-order valence-electron chi connectivity index (χ3n) is 7.23. The summed E-state index contributed by atoms with van der Waals surface area (Å²) in [5.74, 6) is 1.53. The summed E-state index contributed by atoms with van der Waals surface area (Å²) in [6.07, 6.45) is 10.5. The van der Waals surface area contributed by atoms with Crippen molar-refractivity contribution in [3.63, 3.8) is 0 Å². The van der Waals surface area contributed by atoms with E-state index >= 15 is 0 Å². The molecule has 1 fully saturated rings. The molecule has 1 atom stereocenters. The molecule has 3 aromatic rings. The summed E-state index contributed by atoms with van der Waals surface area (Å²) in [6.45, 7) is 3.50. The van der Waals surface area contributed by atoms with Crippen molar-refractivity contribution in [2.24, 2.45) is 5.73 Å². The number of ether oxygens (including phenoxy) is 1. The first kappa shape index (κ1) is 26.0. The van der Waals surface area contributed by atoms with Gasteiger partial charge < -0.3 is 26.4 Å². The number of carbonyl (C=O) groups is 1. The fourth-order valence-corrected chi connectivity index (χ4v) is 5.09. The van der Waals surface area contributed by atoms with E-state index in [0.29, 0.717) is 11.1 Å². The molecule has 2 aliphatic rings. The Morgan fingerprint density at radius 1 is 1.10 bits per heavy atom. The van der Waals surface area contributed by atoms with Gasteiger partial charge in [0.1, 0.15) is 28.8 Å². The lowest BCUT2D eigenvalue weighted by atomic mass is 9.97. The quantitative estimate of drug-likeness (QED) is 0.264. The van der Waals surface area contributed by atoms with Crippen LogP contribution >= 0.6 is 0 Å². The van der Waals surface area contributed by atoms with Gasteiger partial charge in [0.25, 0.3) is 5.91 Å². The maximum Gasteiger partial charge on any atom is 0.251 e. The summed E-state index contributed by atoms with van der Waals surface area (Å²) >= 11 is 0. The highest BCUT2D eigenvalue weighted by Crippen LogP contribution is 2.34. The molecule has 0 spiro atoms. The molecule has 200 valence electrons. The van der Waals surface area contributed by atoms with E-state index in [1.807, 2.05) is 72.8 Å². The van der Waals surface area contributed by atoms with Crippen LogP contribution in [0.25, 0.3) is 11.1 Å². The molecule has 2 aromatic carbocycles. The van der Waals surface area contributed by atoms with Crippen LogP contribution in [0.5, 0.6) is 5.75 Å². The molecular formula is C31H34N6O2. The van der Waals surface area contributed by atoms with Gasteiger partial charge in [-0.2, -0.15) is 0 Å². The van der Waals surface area contributed by atoms with E-state index in [4.69, 9.17) is 21.6 Å². The SMILES string of the molecule is CC1(Oc2ccc(-c3cc(N4CCC(NC(=O)c5ccccc5)CC4)nc(N)c3C(=N)N)cc2)C=CC=CC1. The van der Waals surface area contributed by atoms with Gasteiger partial charge in [0, 0.05) is 31.1 Å². The number of hydrogen-bond donors (Lipinski definition) is 4. The highest BCUT2D eigenvalue weighted by molar-refractivity contribution is 6.06. The van der Waals surface area contributed by atoms with E-state index < -0.39 is 0 Å². The van der Waals surface area contributed by atoms with Gasteiger partial charge in [0.05, 0.1) is 5.56 Å². The van der Waals surface area contributed by atoms with Gasteiger partial charge in [-0.25, -0.2) is 4.98 Å². The number of nitrogens with two attached hydrogens (primary N) is 2.